The first-order valence-corrected chi connectivity index (χ1v) is 7.14. The largest absolute Gasteiger partial charge is 0.389 e. The van der Waals surface area contributed by atoms with E-state index < -0.39 is 0 Å². The van der Waals surface area contributed by atoms with E-state index >= 15 is 0 Å². The van der Waals surface area contributed by atoms with Crippen LogP contribution >= 0.6 is 12.2 Å². The minimum Gasteiger partial charge on any atom is -0.389 e. The number of benzene rings is 1. The van der Waals surface area contributed by atoms with Crippen molar-refractivity contribution in [3.05, 3.63) is 29.3 Å². The van der Waals surface area contributed by atoms with Crippen molar-refractivity contribution in [3.63, 3.8) is 0 Å². The van der Waals surface area contributed by atoms with E-state index in [4.69, 9.17) is 18.0 Å². The number of anilines is 1. The van der Waals surface area contributed by atoms with Gasteiger partial charge in [-0.1, -0.05) is 38.0 Å². The third kappa shape index (κ3) is 3.22. The first-order valence-electron chi connectivity index (χ1n) is 6.73. The molecule has 0 amide bonds. The lowest BCUT2D eigenvalue weighted by atomic mass is 9.87. The molecule has 3 N–H and O–H groups in total. The highest BCUT2D eigenvalue weighted by Crippen LogP contribution is 2.27. The summed E-state index contributed by atoms with van der Waals surface area (Å²) in [6.07, 6.45) is 5.15. The van der Waals surface area contributed by atoms with Gasteiger partial charge in [-0.25, -0.2) is 0 Å². The molecule has 0 aliphatic heterocycles. The number of hydrogen-bond acceptors (Lipinski definition) is 2. The third-order valence-electron chi connectivity index (χ3n) is 3.74. The van der Waals surface area contributed by atoms with Crippen molar-refractivity contribution in [3.8, 4) is 0 Å². The summed E-state index contributed by atoms with van der Waals surface area (Å²) < 4.78 is 0. The van der Waals surface area contributed by atoms with Crippen LogP contribution in [0.3, 0.4) is 0 Å². The van der Waals surface area contributed by atoms with E-state index in [9.17, 15) is 0 Å². The Bertz CT molecular complexity index is 442. The fraction of sp³-hybridized carbons (Fsp3) is 0.533. The molecule has 2 unspecified atom stereocenters. The Hall–Kier alpha value is -1.09. The molecule has 0 radical (unpaired) electrons. The topological polar surface area (TPSA) is 38.0 Å². The molecule has 0 spiro atoms. The Morgan fingerprint density at radius 2 is 2.17 bits per heavy atom. The molecule has 0 saturated heterocycles. The van der Waals surface area contributed by atoms with Gasteiger partial charge in [0.1, 0.15) is 4.99 Å². The van der Waals surface area contributed by atoms with Crippen LogP contribution in [0.5, 0.6) is 0 Å². The fourth-order valence-corrected chi connectivity index (χ4v) is 2.96. The smallest absolute Gasteiger partial charge is 0.106 e. The molecule has 3 heteroatoms. The number of thiocarbonyl (C=S) groups is 1. The van der Waals surface area contributed by atoms with Crippen molar-refractivity contribution >= 4 is 22.9 Å². The minimum absolute atomic E-state index is 0.473. The van der Waals surface area contributed by atoms with Gasteiger partial charge < -0.3 is 11.1 Å². The van der Waals surface area contributed by atoms with Crippen LogP contribution in [0.2, 0.25) is 0 Å². The normalized spacial score (nSPS) is 23.7. The summed E-state index contributed by atoms with van der Waals surface area (Å²) in [5.74, 6) is 0.814. The maximum absolute atomic E-state index is 5.79. The molecule has 0 aromatic heterocycles. The molecular formula is C15H22N2S. The van der Waals surface area contributed by atoms with Gasteiger partial charge in [0, 0.05) is 17.3 Å². The summed E-state index contributed by atoms with van der Waals surface area (Å²) in [5.41, 5.74) is 9.09. The second-order valence-electron chi connectivity index (χ2n) is 5.53. The molecule has 1 fully saturated rings. The standard InChI is InChI=1S/C15H22N2S/c1-10-4-3-5-12(8-10)17-14-9-11(2)6-7-13(14)15(16)18/h6-7,9-10,12,17H,3-5,8H2,1-2H3,(H2,16,18). The maximum atomic E-state index is 5.79. The van der Waals surface area contributed by atoms with E-state index in [2.05, 4.69) is 31.3 Å². The molecule has 98 valence electrons. The van der Waals surface area contributed by atoms with Gasteiger partial charge in [-0.3, -0.25) is 0 Å². The molecule has 1 aliphatic carbocycles. The molecule has 2 rings (SSSR count). The zero-order chi connectivity index (χ0) is 13.1. The molecular weight excluding hydrogens is 240 g/mol. The van der Waals surface area contributed by atoms with E-state index in [1.807, 2.05) is 6.07 Å². The summed E-state index contributed by atoms with van der Waals surface area (Å²) in [7, 11) is 0. The van der Waals surface area contributed by atoms with Gasteiger partial charge >= 0.3 is 0 Å². The third-order valence-corrected chi connectivity index (χ3v) is 3.96. The Morgan fingerprint density at radius 1 is 1.39 bits per heavy atom. The maximum Gasteiger partial charge on any atom is 0.106 e. The van der Waals surface area contributed by atoms with Crippen LogP contribution in [0.25, 0.3) is 0 Å². The van der Waals surface area contributed by atoms with Crippen molar-refractivity contribution < 1.29 is 0 Å². The van der Waals surface area contributed by atoms with Crippen molar-refractivity contribution in [2.24, 2.45) is 11.7 Å². The number of nitrogens with one attached hydrogen (secondary N) is 1. The molecule has 2 atom stereocenters. The summed E-state index contributed by atoms with van der Waals surface area (Å²) in [6.45, 7) is 4.43. The Morgan fingerprint density at radius 3 is 2.83 bits per heavy atom. The molecule has 2 nitrogen and oxygen atoms in total. The van der Waals surface area contributed by atoms with Crippen LogP contribution in [-0.2, 0) is 0 Å². The first kappa shape index (κ1) is 13.3. The summed E-state index contributed by atoms with van der Waals surface area (Å²) in [5, 5.41) is 3.63. The Kier molecular flexibility index (Phi) is 4.23. The zero-order valence-corrected chi connectivity index (χ0v) is 12.0. The van der Waals surface area contributed by atoms with Crippen LogP contribution in [0.1, 0.15) is 43.7 Å². The summed E-state index contributed by atoms with van der Waals surface area (Å²) >= 11 is 5.12. The van der Waals surface area contributed by atoms with Gasteiger partial charge in [-0.15, -0.1) is 0 Å². The SMILES string of the molecule is Cc1ccc(C(N)=S)c(NC2CCCC(C)C2)c1. The summed E-state index contributed by atoms with van der Waals surface area (Å²) in [4.78, 5) is 0.473. The lowest BCUT2D eigenvalue weighted by molar-refractivity contribution is 0.358. The molecule has 1 saturated carbocycles. The average molecular weight is 262 g/mol. The van der Waals surface area contributed by atoms with Crippen LogP contribution in [0.15, 0.2) is 18.2 Å². The van der Waals surface area contributed by atoms with Gasteiger partial charge in [-0.2, -0.15) is 0 Å². The van der Waals surface area contributed by atoms with E-state index in [1.165, 1.54) is 31.2 Å². The average Bonchev–Trinajstić information content (AvgIpc) is 2.28. The highest BCUT2D eigenvalue weighted by Gasteiger charge is 2.19. The molecule has 0 heterocycles. The monoisotopic (exact) mass is 262 g/mol. The lowest BCUT2D eigenvalue weighted by Gasteiger charge is -2.29. The highest BCUT2D eigenvalue weighted by molar-refractivity contribution is 7.80. The fourth-order valence-electron chi connectivity index (χ4n) is 2.78. The highest BCUT2D eigenvalue weighted by atomic mass is 32.1. The minimum atomic E-state index is 0.473. The lowest BCUT2D eigenvalue weighted by Crippen LogP contribution is -2.27. The van der Waals surface area contributed by atoms with Crippen LogP contribution in [0, 0.1) is 12.8 Å². The summed E-state index contributed by atoms with van der Waals surface area (Å²) in [6, 6.07) is 6.78. The zero-order valence-electron chi connectivity index (χ0n) is 11.2. The molecule has 1 aromatic rings. The first-order chi connectivity index (χ1) is 8.56. The van der Waals surface area contributed by atoms with E-state index in [1.54, 1.807) is 0 Å². The van der Waals surface area contributed by atoms with Gasteiger partial charge in [0.2, 0.25) is 0 Å². The van der Waals surface area contributed by atoms with Gasteiger partial charge in [0.25, 0.3) is 0 Å². The quantitative estimate of drug-likeness (QED) is 0.817. The molecule has 0 bridgehead atoms. The van der Waals surface area contributed by atoms with E-state index in [0.717, 1.165) is 17.2 Å². The Balaban J connectivity index is 2.16. The van der Waals surface area contributed by atoms with Crippen LogP contribution in [-0.4, -0.2) is 11.0 Å². The van der Waals surface area contributed by atoms with Crippen LogP contribution in [0.4, 0.5) is 5.69 Å². The van der Waals surface area contributed by atoms with Crippen molar-refractivity contribution in [1.29, 1.82) is 0 Å². The number of aryl methyl sites for hydroxylation is 1. The predicted molar refractivity (Wildman–Crippen MR) is 82.1 cm³/mol. The van der Waals surface area contributed by atoms with E-state index in [-0.39, 0.29) is 0 Å². The second-order valence-corrected chi connectivity index (χ2v) is 5.97. The number of nitrogens with two attached hydrogens (primary N) is 1. The van der Waals surface area contributed by atoms with Crippen molar-refractivity contribution in [1.82, 2.24) is 0 Å². The number of hydrogen-bond donors (Lipinski definition) is 2. The Labute approximate surface area is 115 Å². The van der Waals surface area contributed by atoms with Gasteiger partial charge in [0.15, 0.2) is 0 Å². The van der Waals surface area contributed by atoms with Gasteiger partial charge in [-0.05, 0) is 43.4 Å². The van der Waals surface area contributed by atoms with E-state index in [0.29, 0.717) is 11.0 Å². The van der Waals surface area contributed by atoms with Crippen LogP contribution < -0.4 is 11.1 Å². The van der Waals surface area contributed by atoms with Gasteiger partial charge in [0.05, 0.1) is 0 Å². The van der Waals surface area contributed by atoms with Crippen molar-refractivity contribution in [2.75, 3.05) is 5.32 Å². The predicted octanol–water partition coefficient (Wildman–Crippen LogP) is 3.62. The number of rotatable bonds is 3. The second kappa shape index (κ2) is 5.70. The molecule has 1 aliphatic rings. The van der Waals surface area contributed by atoms with Crippen molar-refractivity contribution in [2.45, 2.75) is 45.6 Å². The molecule has 18 heavy (non-hydrogen) atoms. The molecule has 1 aromatic carbocycles.